The summed E-state index contributed by atoms with van der Waals surface area (Å²) in [6.45, 7) is 15.8. The summed E-state index contributed by atoms with van der Waals surface area (Å²) < 4.78 is 0. The fraction of sp³-hybridized carbons (Fsp3) is 0.636. The zero-order valence-electron chi connectivity index (χ0n) is 15.7. The normalized spacial score (nSPS) is 36.9. The molecule has 0 radical (unpaired) electrons. The van der Waals surface area contributed by atoms with E-state index in [1.807, 2.05) is 0 Å². The lowest BCUT2D eigenvalue weighted by molar-refractivity contribution is 0.112. The highest BCUT2D eigenvalue weighted by Gasteiger charge is 2.50. The molecule has 3 aliphatic carbocycles. The van der Waals surface area contributed by atoms with Gasteiger partial charge in [-0.25, -0.2) is 0 Å². The van der Waals surface area contributed by atoms with Crippen molar-refractivity contribution in [1.29, 1.82) is 0 Å². The molecule has 1 fully saturated rings. The van der Waals surface area contributed by atoms with Crippen LogP contribution in [0.4, 0.5) is 0 Å². The van der Waals surface area contributed by atoms with Crippen molar-refractivity contribution in [2.75, 3.05) is 0 Å². The van der Waals surface area contributed by atoms with Crippen LogP contribution in [-0.2, 0) is 0 Å². The Morgan fingerprint density at radius 2 is 1.43 bits per heavy atom. The van der Waals surface area contributed by atoms with Gasteiger partial charge in [-0.05, 0) is 40.7 Å². The average molecular weight is 312 g/mol. The maximum atomic E-state index is 11.1. The van der Waals surface area contributed by atoms with Crippen LogP contribution >= 0.6 is 0 Å². The molecule has 0 spiro atoms. The number of aliphatic hydroxyl groups excluding tert-OH is 1. The molecule has 0 aromatic rings. The second-order valence-corrected chi connectivity index (χ2v) is 9.69. The molecule has 3 aliphatic rings. The van der Waals surface area contributed by atoms with Crippen LogP contribution in [0.1, 0.15) is 48.5 Å². The Kier molecular flexibility index (Phi) is 3.80. The van der Waals surface area contributed by atoms with Gasteiger partial charge < -0.3 is 5.11 Å². The molecule has 0 heterocycles. The van der Waals surface area contributed by atoms with Crippen molar-refractivity contribution < 1.29 is 5.11 Å². The summed E-state index contributed by atoms with van der Waals surface area (Å²) in [6, 6.07) is 0. The smallest absolute Gasteiger partial charge is 0.0680 e. The van der Waals surface area contributed by atoms with Gasteiger partial charge in [0.05, 0.1) is 6.10 Å². The molecule has 5 unspecified atom stereocenters. The SMILES string of the molecule is CC1=C(C(C)(C)C)C=CC2C3C=CC(C(C)(C)C)=CC3C(O)C12. The first kappa shape index (κ1) is 16.8. The van der Waals surface area contributed by atoms with Crippen LogP contribution in [0.5, 0.6) is 0 Å². The first-order chi connectivity index (χ1) is 10.5. The summed E-state index contributed by atoms with van der Waals surface area (Å²) >= 11 is 0. The monoisotopic (exact) mass is 312 g/mol. The van der Waals surface area contributed by atoms with Crippen LogP contribution in [-0.4, -0.2) is 11.2 Å². The molecule has 23 heavy (non-hydrogen) atoms. The van der Waals surface area contributed by atoms with Gasteiger partial charge in [0.25, 0.3) is 0 Å². The number of fused-ring (bicyclic) bond motifs is 3. The largest absolute Gasteiger partial charge is 0.392 e. The Labute approximate surface area is 141 Å². The van der Waals surface area contributed by atoms with Crippen molar-refractivity contribution in [3.8, 4) is 0 Å². The summed E-state index contributed by atoms with van der Waals surface area (Å²) in [5, 5.41) is 11.1. The lowest BCUT2D eigenvalue weighted by Crippen LogP contribution is -2.28. The van der Waals surface area contributed by atoms with Crippen LogP contribution in [0.2, 0.25) is 0 Å². The summed E-state index contributed by atoms with van der Waals surface area (Å²) in [4.78, 5) is 0. The maximum absolute atomic E-state index is 11.1. The Hall–Kier alpha value is -1.08. The van der Waals surface area contributed by atoms with E-state index in [9.17, 15) is 5.11 Å². The van der Waals surface area contributed by atoms with Gasteiger partial charge in [0, 0.05) is 11.8 Å². The first-order valence-electron chi connectivity index (χ1n) is 9.00. The van der Waals surface area contributed by atoms with E-state index in [1.165, 1.54) is 16.7 Å². The minimum Gasteiger partial charge on any atom is -0.392 e. The molecule has 1 nitrogen and oxygen atoms in total. The minimum absolute atomic E-state index is 0.140. The highest BCUT2D eigenvalue weighted by Crippen LogP contribution is 2.53. The lowest BCUT2D eigenvalue weighted by Gasteiger charge is -2.33. The number of hydrogen-bond acceptors (Lipinski definition) is 1. The summed E-state index contributed by atoms with van der Waals surface area (Å²) in [7, 11) is 0. The van der Waals surface area contributed by atoms with Gasteiger partial charge in [-0.1, -0.05) is 77.5 Å². The van der Waals surface area contributed by atoms with Crippen LogP contribution in [0.3, 0.4) is 0 Å². The Balaban J connectivity index is 1.99. The summed E-state index contributed by atoms with van der Waals surface area (Å²) in [5.74, 6) is 1.40. The molecule has 5 atom stereocenters. The average Bonchev–Trinajstić information content (AvgIpc) is 2.71. The van der Waals surface area contributed by atoms with Crippen molar-refractivity contribution in [2.45, 2.75) is 54.6 Å². The van der Waals surface area contributed by atoms with Crippen LogP contribution < -0.4 is 0 Å². The molecule has 0 bridgehead atoms. The molecule has 1 N–H and O–H groups in total. The van der Waals surface area contributed by atoms with Gasteiger partial charge in [0.1, 0.15) is 0 Å². The van der Waals surface area contributed by atoms with Crippen molar-refractivity contribution in [1.82, 2.24) is 0 Å². The minimum atomic E-state index is -0.269. The van der Waals surface area contributed by atoms with Crippen molar-refractivity contribution in [3.63, 3.8) is 0 Å². The fourth-order valence-corrected chi connectivity index (χ4v) is 4.79. The molecule has 126 valence electrons. The molecular weight excluding hydrogens is 280 g/mol. The maximum Gasteiger partial charge on any atom is 0.0680 e. The molecule has 0 aromatic carbocycles. The number of allylic oxidation sites excluding steroid dienone is 6. The number of aliphatic hydroxyl groups is 1. The number of rotatable bonds is 0. The highest BCUT2D eigenvalue weighted by molar-refractivity contribution is 5.42. The van der Waals surface area contributed by atoms with Gasteiger partial charge in [0.15, 0.2) is 0 Å². The predicted molar refractivity (Wildman–Crippen MR) is 97.9 cm³/mol. The molecule has 0 saturated heterocycles. The zero-order chi connectivity index (χ0) is 17.2. The van der Waals surface area contributed by atoms with Gasteiger partial charge in [-0.2, -0.15) is 0 Å². The van der Waals surface area contributed by atoms with E-state index in [1.54, 1.807) is 0 Å². The van der Waals surface area contributed by atoms with Gasteiger partial charge >= 0.3 is 0 Å². The Morgan fingerprint density at radius 1 is 0.826 bits per heavy atom. The van der Waals surface area contributed by atoms with Crippen molar-refractivity contribution in [3.05, 3.63) is 47.1 Å². The van der Waals surface area contributed by atoms with Crippen LogP contribution in [0, 0.1) is 34.5 Å². The van der Waals surface area contributed by atoms with E-state index in [2.05, 4.69) is 78.8 Å². The molecular formula is C22H32O. The van der Waals surface area contributed by atoms with E-state index < -0.39 is 0 Å². The van der Waals surface area contributed by atoms with Crippen molar-refractivity contribution in [2.24, 2.45) is 34.5 Å². The van der Waals surface area contributed by atoms with Gasteiger partial charge in [0.2, 0.25) is 0 Å². The second-order valence-electron chi connectivity index (χ2n) is 9.69. The van der Waals surface area contributed by atoms with Gasteiger partial charge in [-0.15, -0.1) is 0 Å². The van der Waals surface area contributed by atoms with Crippen molar-refractivity contribution >= 4 is 0 Å². The third-order valence-electron chi connectivity index (χ3n) is 6.02. The molecule has 0 amide bonds. The zero-order valence-corrected chi connectivity index (χ0v) is 15.7. The summed E-state index contributed by atoms with van der Waals surface area (Å²) in [6.07, 6.45) is 11.4. The van der Waals surface area contributed by atoms with E-state index >= 15 is 0 Å². The van der Waals surface area contributed by atoms with E-state index in [-0.39, 0.29) is 28.8 Å². The van der Waals surface area contributed by atoms with E-state index in [4.69, 9.17) is 0 Å². The summed E-state index contributed by atoms with van der Waals surface area (Å²) in [5.41, 5.74) is 4.44. The molecule has 1 saturated carbocycles. The molecule has 1 heteroatoms. The van der Waals surface area contributed by atoms with Crippen LogP contribution in [0.25, 0.3) is 0 Å². The molecule has 0 aromatic heterocycles. The third-order valence-corrected chi connectivity index (χ3v) is 6.02. The quantitative estimate of drug-likeness (QED) is 0.643. The first-order valence-corrected chi connectivity index (χ1v) is 9.00. The van der Waals surface area contributed by atoms with E-state index in [0.717, 1.165) is 0 Å². The molecule has 0 aliphatic heterocycles. The number of hydrogen-bond donors (Lipinski definition) is 1. The van der Waals surface area contributed by atoms with Gasteiger partial charge in [-0.3, -0.25) is 0 Å². The second kappa shape index (κ2) is 5.21. The Morgan fingerprint density at radius 3 is 2.00 bits per heavy atom. The van der Waals surface area contributed by atoms with Crippen LogP contribution in [0.15, 0.2) is 47.1 Å². The topological polar surface area (TPSA) is 20.2 Å². The standard InChI is InChI=1S/C22H32O/c1-13-18(22(5,6)7)11-10-16-15-9-8-14(21(2,3)4)12-17(15)20(23)19(13)16/h8-12,15-17,19-20,23H,1-7H3. The Bertz CT molecular complexity index is 615. The fourth-order valence-electron chi connectivity index (χ4n) is 4.79. The third kappa shape index (κ3) is 2.67. The van der Waals surface area contributed by atoms with E-state index in [0.29, 0.717) is 11.8 Å². The predicted octanol–water partition coefficient (Wildman–Crippen LogP) is 5.30. The lowest BCUT2D eigenvalue weighted by atomic mass is 9.71. The molecule has 3 rings (SSSR count). The highest BCUT2D eigenvalue weighted by atomic mass is 16.3.